The maximum absolute atomic E-state index is 12.0. The molecule has 112 valence electrons. The van der Waals surface area contributed by atoms with Crippen molar-refractivity contribution in [1.29, 1.82) is 0 Å². The van der Waals surface area contributed by atoms with Crippen LogP contribution in [-0.2, 0) is 16.1 Å². The molecule has 1 fully saturated rings. The number of hydrogen-bond acceptors (Lipinski definition) is 6. The summed E-state index contributed by atoms with van der Waals surface area (Å²) in [7, 11) is 0. The van der Waals surface area contributed by atoms with Crippen molar-refractivity contribution in [3.63, 3.8) is 0 Å². The Morgan fingerprint density at radius 3 is 3.24 bits per heavy atom. The molecule has 0 saturated carbocycles. The molecule has 1 aliphatic rings. The van der Waals surface area contributed by atoms with E-state index in [4.69, 9.17) is 9.47 Å². The quantitative estimate of drug-likeness (QED) is 0.845. The largest absolute Gasteiger partial charge is 0.475 e. The Bertz CT molecular complexity index is 636. The van der Waals surface area contributed by atoms with Gasteiger partial charge in [-0.3, -0.25) is 9.20 Å². The number of ether oxygens (including phenoxy) is 2. The first-order chi connectivity index (χ1) is 10.3. The van der Waals surface area contributed by atoms with Crippen molar-refractivity contribution in [3.8, 4) is 5.88 Å². The predicted octanol–water partition coefficient (Wildman–Crippen LogP) is 0.176. The lowest BCUT2D eigenvalue weighted by atomic mass is 10.1. The second kappa shape index (κ2) is 6.04. The van der Waals surface area contributed by atoms with Crippen LogP contribution in [0.5, 0.6) is 5.88 Å². The highest BCUT2D eigenvalue weighted by Crippen LogP contribution is 2.15. The van der Waals surface area contributed by atoms with Gasteiger partial charge in [0.05, 0.1) is 25.7 Å². The maximum Gasteiger partial charge on any atom is 0.260 e. The summed E-state index contributed by atoms with van der Waals surface area (Å²) in [5.74, 6) is 1.00. The van der Waals surface area contributed by atoms with Crippen LogP contribution in [0, 0.1) is 5.92 Å². The molecule has 3 heterocycles. The first-order valence-corrected chi connectivity index (χ1v) is 6.96. The third-order valence-electron chi connectivity index (χ3n) is 3.37. The molecule has 2 aromatic rings. The molecule has 0 aromatic carbocycles. The van der Waals surface area contributed by atoms with Crippen LogP contribution in [0.4, 0.5) is 0 Å². The standard InChI is InChI=1S/C13H17N5O3/c1-2-21-13-11-17-16-10(18(11)5-4-14-13)7-15-12(19)9-3-6-20-8-9/h4-5,9H,2-3,6-8H2,1H3,(H,15,19). The molecule has 1 saturated heterocycles. The van der Waals surface area contributed by atoms with E-state index in [1.54, 1.807) is 16.8 Å². The van der Waals surface area contributed by atoms with Gasteiger partial charge in [0.1, 0.15) is 0 Å². The Balaban J connectivity index is 1.72. The lowest BCUT2D eigenvalue weighted by Gasteiger charge is -2.08. The number of rotatable bonds is 5. The number of hydrogen-bond donors (Lipinski definition) is 1. The summed E-state index contributed by atoms with van der Waals surface area (Å²) >= 11 is 0. The minimum absolute atomic E-state index is 0.0108. The topological polar surface area (TPSA) is 90.6 Å². The van der Waals surface area contributed by atoms with Gasteiger partial charge in [0, 0.05) is 19.0 Å². The van der Waals surface area contributed by atoms with Crippen LogP contribution in [0.15, 0.2) is 12.4 Å². The van der Waals surface area contributed by atoms with E-state index < -0.39 is 0 Å². The molecule has 1 aliphatic heterocycles. The maximum atomic E-state index is 12.0. The molecule has 0 bridgehead atoms. The molecule has 1 atom stereocenters. The molecule has 8 nitrogen and oxygen atoms in total. The highest BCUT2D eigenvalue weighted by Gasteiger charge is 2.23. The van der Waals surface area contributed by atoms with Crippen LogP contribution in [0.2, 0.25) is 0 Å². The van der Waals surface area contributed by atoms with E-state index in [0.717, 1.165) is 6.42 Å². The molecule has 1 unspecified atom stereocenters. The Hall–Kier alpha value is -2.22. The second-order valence-electron chi connectivity index (χ2n) is 4.75. The lowest BCUT2D eigenvalue weighted by molar-refractivity contribution is -0.125. The van der Waals surface area contributed by atoms with Crippen molar-refractivity contribution >= 4 is 11.6 Å². The van der Waals surface area contributed by atoms with E-state index in [2.05, 4.69) is 20.5 Å². The van der Waals surface area contributed by atoms with Gasteiger partial charge >= 0.3 is 0 Å². The Morgan fingerprint density at radius 2 is 2.48 bits per heavy atom. The fourth-order valence-corrected chi connectivity index (χ4v) is 2.26. The van der Waals surface area contributed by atoms with Crippen molar-refractivity contribution in [2.24, 2.45) is 5.92 Å². The Morgan fingerprint density at radius 1 is 1.57 bits per heavy atom. The van der Waals surface area contributed by atoms with Crippen LogP contribution < -0.4 is 10.1 Å². The van der Waals surface area contributed by atoms with E-state index in [9.17, 15) is 4.79 Å². The summed E-state index contributed by atoms with van der Waals surface area (Å²) in [6, 6.07) is 0. The van der Waals surface area contributed by atoms with Gasteiger partial charge in [-0.1, -0.05) is 0 Å². The van der Waals surface area contributed by atoms with Gasteiger partial charge in [-0.15, -0.1) is 10.2 Å². The van der Waals surface area contributed by atoms with Crippen molar-refractivity contribution in [2.45, 2.75) is 19.9 Å². The number of carbonyl (C=O) groups is 1. The number of amides is 1. The zero-order valence-corrected chi connectivity index (χ0v) is 11.8. The average molecular weight is 291 g/mol. The summed E-state index contributed by atoms with van der Waals surface area (Å²) in [4.78, 5) is 16.1. The molecule has 8 heteroatoms. The molecule has 1 N–H and O–H groups in total. The summed E-state index contributed by atoms with van der Waals surface area (Å²) in [5.41, 5.74) is 0.549. The van der Waals surface area contributed by atoms with E-state index in [-0.39, 0.29) is 11.8 Å². The van der Waals surface area contributed by atoms with E-state index in [1.807, 2.05) is 6.92 Å². The fourth-order valence-electron chi connectivity index (χ4n) is 2.26. The monoisotopic (exact) mass is 291 g/mol. The van der Waals surface area contributed by atoms with Crippen molar-refractivity contribution in [1.82, 2.24) is 24.9 Å². The highest BCUT2D eigenvalue weighted by atomic mass is 16.5. The normalized spacial score (nSPS) is 18.0. The van der Waals surface area contributed by atoms with Gasteiger partial charge in [-0.05, 0) is 13.3 Å². The molecular formula is C13H17N5O3. The molecular weight excluding hydrogens is 274 g/mol. The number of fused-ring (bicyclic) bond motifs is 1. The third kappa shape index (κ3) is 2.80. The van der Waals surface area contributed by atoms with Crippen LogP contribution in [0.3, 0.4) is 0 Å². The van der Waals surface area contributed by atoms with Gasteiger partial charge in [0.15, 0.2) is 5.82 Å². The van der Waals surface area contributed by atoms with Gasteiger partial charge in [-0.25, -0.2) is 4.98 Å². The first-order valence-electron chi connectivity index (χ1n) is 6.96. The smallest absolute Gasteiger partial charge is 0.260 e. The van der Waals surface area contributed by atoms with Gasteiger partial charge in [-0.2, -0.15) is 0 Å². The molecule has 21 heavy (non-hydrogen) atoms. The molecule has 0 radical (unpaired) electrons. The van der Waals surface area contributed by atoms with Crippen LogP contribution in [0.25, 0.3) is 5.65 Å². The minimum atomic E-state index is -0.0650. The van der Waals surface area contributed by atoms with E-state index in [1.165, 1.54) is 0 Å². The molecule has 1 amide bonds. The third-order valence-corrected chi connectivity index (χ3v) is 3.37. The number of aromatic nitrogens is 4. The van der Waals surface area contributed by atoms with E-state index in [0.29, 0.717) is 43.7 Å². The SMILES string of the molecule is CCOc1nccn2c(CNC(=O)C3CCOC3)nnc12. The van der Waals surface area contributed by atoms with Crippen molar-refractivity contribution in [3.05, 3.63) is 18.2 Å². The zero-order valence-electron chi connectivity index (χ0n) is 11.8. The summed E-state index contributed by atoms with van der Waals surface area (Å²) in [6.07, 6.45) is 4.14. The van der Waals surface area contributed by atoms with Crippen LogP contribution in [-0.4, -0.2) is 45.3 Å². The molecule has 0 aliphatic carbocycles. The van der Waals surface area contributed by atoms with Gasteiger partial charge < -0.3 is 14.8 Å². The van der Waals surface area contributed by atoms with Gasteiger partial charge in [0.2, 0.25) is 11.6 Å². The molecule has 2 aromatic heterocycles. The van der Waals surface area contributed by atoms with Crippen LogP contribution in [0.1, 0.15) is 19.2 Å². The van der Waals surface area contributed by atoms with Crippen molar-refractivity contribution < 1.29 is 14.3 Å². The lowest BCUT2D eigenvalue weighted by Crippen LogP contribution is -2.31. The summed E-state index contributed by atoms with van der Waals surface area (Å²) < 4.78 is 12.4. The highest BCUT2D eigenvalue weighted by molar-refractivity contribution is 5.78. The molecule has 3 rings (SSSR count). The molecule has 0 spiro atoms. The van der Waals surface area contributed by atoms with E-state index >= 15 is 0 Å². The first kappa shape index (κ1) is 13.7. The van der Waals surface area contributed by atoms with Gasteiger partial charge in [0.25, 0.3) is 5.88 Å². The fraction of sp³-hybridized carbons (Fsp3) is 0.538. The Kier molecular flexibility index (Phi) is 3.96. The van der Waals surface area contributed by atoms with Crippen LogP contribution >= 0.6 is 0 Å². The predicted molar refractivity (Wildman–Crippen MR) is 72.7 cm³/mol. The Labute approximate surface area is 121 Å². The number of nitrogens with one attached hydrogen (secondary N) is 1. The zero-order chi connectivity index (χ0) is 14.7. The number of carbonyl (C=O) groups excluding carboxylic acids is 1. The van der Waals surface area contributed by atoms with Crippen molar-refractivity contribution in [2.75, 3.05) is 19.8 Å². The number of nitrogens with zero attached hydrogens (tertiary/aromatic N) is 4. The minimum Gasteiger partial charge on any atom is -0.475 e. The summed E-state index contributed by atoms with van der Waals surface area (Å²) in [6.45, 7) is 3.84. The average Bonchev–Trinajstić information content (AvgIpc) is 3.15. The second-order valence-corrected chi connectivity index (χ2v) is 4.75. The summed E-state index contributed by atoms with van der Waals surface area (Å²) in [5, 5.41) is 11.0.